The minimum Gasteiger partial charge on any atom is -0.340 e. The highest BCUT2D eigenvalue weighted by atomic mass is 32.2. The number of nitrogens with two attached hydrogens (primary N) is 1. The molecular weight excluding hydrogens is 337 g/mol. The van der Waals surface area contributed by atoms with Crippen molar-refractivity contribution in [1.82, 2.24) is 15.0 Å². The van der Waals surface area contributed by atoms with E-state index in [1.54, 1.807) is 36.8 Å². The lowest BCUT2D eigenvalue weighted by molar-refractivity contribution is 0.602. The van der Waals surface area contributed by atoms with Crippen molar-refractivity contribution in [2.45, 2.75) is 30.2 Å². The van der Waals surface area contributed by atoms with Gasteiger partial charge in [-0.2, -0.15) is 0 Å². The Morgan fingerprint density at radius 3 is 2.52 bits per heavy atom. The summed E-state index contributed by atoms with van der Waals surface area (Å²) in [6, 6.07) is 10.4. The van der Waals surface area contributed by atoms with Crippen molar-refractivity contribution < 1.29 is 4.39 Å². The van der Waals surface area contributed by atoms with Crippen LogP contribution in [0.2, 0.25) is 0 Å². The Labute approximate surface area is 150 Å². The smallest absolute Gasteiger partial charge is 0.144 e. The number of hydrogen-bond donors (Lipinski definition) is 2. The Bertz CT molecular complexity index is 798. The molecular formula is C18H20FN5S. The Morgan fingerprint density at radius 1 is 1.08 bits per heavy atom. The van der Waals surface area contributed by atoms with Gasteiger partial charge in [-0.15, -0.1) is 0 Å². The van der Waals surface area contributed by atoms with E-state index in [0.29, 0.717) is 22.2 Å². The second-order valence-corrected chi connectivity index (χ2v) is 5.73. The minimum absolute atomic E-state index is 0.255. The fraction of sp³-hybridized carbons (Fsp3) is 0.167. The highest BCUT2D eigenvalue weighted by Gasteiger charge is 2.07. The first-order valence-corrected chi connectivity index (χ1v) is 8.73. The summed E-state index contributed by atoms with van der Waals surface area (Å²) in [7, 11) is 0. The Balaban J connectivity index is 0.00000109. The van der Waals surface area contributed by atoms with Crippen LogP contribution < -0.4 is 11.1 Å². The van der Waals surface area contributed by atoms with E-state index < -0.39 is 0 Å². The molecule has 5 nitrogen and oxygen atoms in total. The summed E-state index contributed by atoms with van der Waals surface area (Å²) < 4.78 is 14.3. The maximum Gasteiger partial charge on any atom is 0.144 e. The largest absolute Gasteiger partial charge is 0.340 e. The number of halogens is 1. The molecule has 2 heterocycles. The van der Waals surface area contributed by atoms with Gasteiger partial charge in [0, 0.05) is 34.1 Å². The van der Waals surface area contributed by atoms with Crippen LogP contribution in [0.4, 0.5) is 15.9 Å². The maximum atomic E-state index is 14.3. The molecule has 3 rings (SSSR count). The number of rotatable bonds is 5. The van der Waals surface area contributed by atoms with Crippen molar-refractivity contribution in [3.8, 4) is 0 Å². The van der Waals surface area contributed by atoms with Crippen molar-refractivity contribution >= 4 is 23.3 Å². The van der Waals surface area contributed by atoms with Gasteiger partial charge in [0.2, 0.25) is 0 Å². The van der Waals surface area contributed by atoms with Gasteiger partial charge in [-0.1, -0.05) is 25.6 Å². The van der Waals surface area contributed by atoms with Gasteiger partial charge in [0.1, 0.15) is 17.5 Å². The fourth-order valence-corrected chi connectivity index (χ4v) is 2.71. The molecule has 3 N–H and O–H groups in total. The van der Waals surface area contributed by atoms with E-state index >= 15 is 0 Å². The van der Waals surface area contributed by atoms with Crippen molar-refractivity contribution in [3.63, 3.8) is 0 Å². The standard InChI is InChI=1S/C16H14FN5S.C2H6/c17-13-9-11(21-15-5-8-20-16(10-18)22-15)1-2-14(13)23-12-3-6-19-7-4-12;1-2/h1-9H,10,18H2,(H,20,21,22);1-2H3. The van der Waals surface area contributed by atoms with E-state index in [-0.39, 0.29) is 12.4 Å². The molecule has 0 saturated carbocycles. The topological polar surface area (TPSA) is 76.7 Å². The molecule has 0 aliphatic carbocycles. The van der Waals surface area contributed by atoms with Crippen LogP contribution in [-0.2, 0) is 6.54 Å². The Kier molecular flexibility index (Phi) is 7.31. The van der Waals surface area contributed by atoms with E-state index in [1.165, 1.54) is 17.8 Å². The zero-order valence-corrected chi connectivity index (χ0v) is 14.9. The summed E-state index contributed by atoms with van der Waals surface area (Å²) in [6.07, 6.45) is 4.97. The van der Waals surface area contributed by atoms with Crippen molar-refractivity contribution in [3.05, 3.63) is 66.6 Å². The normalized spacial score (nSPS) is 9.92. The van der Waals surface area contributed by atoms with Gasteiger partial charge in [0.05, 0.1) is 6.54 Å². The molecule has 0 amide bonds. The van der Waals surface area contributed by atoms with Gasteiger partial charge in [0.25, 0.3) is 0 Å². The average Bonchev–Trinajstić information content (AvgIpc) is 2.67. The SMILES string of the molecule is CC.NCc1nccc(Nc2ccc(Sc3ccncc3)c(F)c2)n1. The number of benzene rings is 1. The van der Waals surface area contributed by atoms with Gasteiger partial charge in [-0.3, -0.25) is 4.98 Å². The molecule has 0 bridgehead atoms. The highest BCUT2D eigenvalue weighted by Crippen LogP contribution is 2.31. The van der Waals surface area contributed by atoms with E-state index in [9.17, 15) is 4.39 Å². The van der Waals surface area contributed by atoms with Gasteiger partial charge < -0.3 is 11.1 Å². The molecule has 0 aliphatic heterocycles. The summed E-state index contributed by atoms with van der Waals surface area (Å²) in [6.45, 7) is 4.26. The van der Waals surface area contributed by atoms with Gasteiger partial charge in [-0.25, -0.2) is 14.4 Å². The second kappa shape index (κ2) is 9.71. The molecule has 130 valence electrons. The molecule has 0 aliphatic rings. The lowest BCUT2D eigenvalue weighted by Crippen LogP contribution is -2.04. The van der Waals surface area contributed by atoms with Crippen LogP contribution in [0.1, 0.15) is 19.7 Å². The number of pyridine rings is 1. The zero-order chi connectivity index (χ0) is 18.1. The number of hydrogen-bond acceptors (Lipinski definition) is 6. The summed E-state index contributed by atoms with van der Waals surface area (Å²) in [4.78, 5) is 13.7. The van der Waals surface area contributed by atoms with Crippen LogP contribution in [-0.4, -0.2) is 15.0 Å². The van der Waals surface area contributed by atoms with E-state index in [1.807, 2.05) is 26.0 Å². The molecule has 0 atom stereocenters. The molecule has 3 aromatic rings. The van der Waals surface area contributed by atoms with Crippen LogP contribution in [0.15, 0.2) is 64.8 Å². The quantitative estimate of drug-likeness (QED) is 0.705. The molecule has 2 aromatic heterocycles. The summed E-state index contributed by atoms with van der Waals surface area (Å²) in [5, 5.41) is 3.04. The van der Waals surface area contributed by atoms with Crippen LogP contribution in [0.25, 0.3) is 0 Å². The fourth-order valence-electron chi connectivity index (χ4n) is 1.91. The predicted octanol–water partition coefficient (Wildman–Crippen LogP) is 4.39. The first-order chi connectivity index (χ1) is 12.2. The van der Waals surface area contributed by atoms with Gasteiger partial charge in [-0.05, 0) is 36.4 Å². The summed E-state index contributed by atoms with van der Waals surface area (Å²) in [5.41, 5.74) is 6.12. The molecule has 0 unspecified atom stereocenters. The van der Waals surface area contributed by atoms with Crippen LogP contribution >= 0.6 is 11.8 Å². The van der Waals surface area contributed by atoms with E-state index in [0.717, 1.165) is 4.90 Å². The first-order valence-electron chi connectivity index (χ1n) is 7.91. The predicted molar refractivity (Wildman–Crippen MR) is 99.3 cm³/mol. The Hall–Kier alpha value is -2.51. The maximum absolute atomic E-state index is 14.3. The van der Waals surface area contributed by atoms with Crippen LogP contribution in [0, 0.1) is 5.82 Å². The Morgan fingerprint density at radius 2 is 1.84 bits per heavy atom. The third-order valence-corrected chi connectivity index (χ3v) is 4.03. The molecule has 0 saturated heterocycles. The number of aromatic nitrogens is 3. The molecule has 0 fully saturated rings. The monoisotopic (exact) mass is 357 g/mol. The highest BCUT2D eigenvalue weighted by molar-refractivity contribution is 7.99. The average molecular weight is 357 g/mol. The molecule has 1 aromatic carbocycles. The van der Waals surface area contributed by atoms with Gasteiger partial charge in [0.15, 0.2) is 0 Å². The molecule has 7 heteroatoms. The van der Waals surface area contributed by atoms with Crippen LogP contribution in [0.5, 0.6) is 0 Å². The minimum atomic E-state index is -0.301. The second-order valence-electron chi connectivity index (χ2n) is 4.62. The molecule has 25 heavy (non-hydrogen) atoms. The third-order valence-electron chi connectivity index (χ3n) is 2.97. The zero-order valence-electron chi connectivity index (χ0n) is 14.1. The third kappa shape index (κ3) is 5.51. The van der Waals surface area contributed by atoms with Crippen LogP contribution in [0.3, 0.4) is 0 Å². The van der Waals surface area contributed by atoms with Crippen molar-refractivity contribution in [2.75, 3.05) is 5.32 Å². The van der Waals surface area contributed by atoms with Crippen molar-refractivity contribution in [2.24, 2.45) is 5.73 Å². The molecule has 0 spiro atoms. The summed E-state index contributed by atoms with van der Waals surface area (Å²) in [5.74, 6) is 0.805. The number of anilines is 2. The van der Waals surface area contributed by atoms with Crippen molar-refractivity contribution in [1.29, 1.82) is 0 Å². The first kappa shape index (κ1) is 18.8. The number of nitrogens with one attached hydrogen (secondary N) is 1. The number of nitrogens with zero attached hydrogens (tertiary/aromatic N) is 3. The molecule has 0 radical (unpaired) electrons. The van der Waals surface area contributed by atoms with E-state index in [4.69, 9.17) is 5.73 Å². The lowest BCUT2D eigenvalue weighted by Gasteiger charge is -2.08. The lowest BCUT2D eigenvalue weighted by atomic mass is 10.3. The van der Waals surface area contributed by atoms with Gasteiger partial charge >= 0.3 is 0 Å². The van der Waals surface area contributed by atoms with E-state index in [2.05, 4.69) is 20.3 Å². The summed E-state index contributed by atoms with van der Waals surface area (Å²) >= 11 is 1.35.